The molecule has 1 saturated carbocycles. The van der Waals surface area contributed by atoms with Gasteiger partial charge in [0.1, 0.15) is 6.54 Å². The highest BCUT2D eigenvalue weighted by Crippen LogP contribution is 2.28. The predicted molar refractivity (Wildman–Crippen MR) is 103 cm³/mol. The lowest BCUT2D eigenvalue weighted by molar-refractivity contribution is -0.384. The molecule has 10 heteroatoms. The first-order chi connectivity index (χ1) is 12.3. The maximum atomic E-state index is 12.1. The summed E-state index contributed by atoms with van der Waals surface area (Å²) in [5.74, 6) is 0.348. The number of non-ortho nitro benzene ring substituents is 1. The van der Waals surface area contributed by atoms with Crippen LogP contribution in [0.1, 0.15) is 25.7 Å². The average molecular weight is 402 g/mol. The van der Waals surface area contributed by atoms with Gasteiger partial charge in [-0.05, 0) is 18.9 Å². The molecule has 8 nitrogen and oxygen atoms in total. The number of thioether (sulfide) groups is 1. The monoisotopic (exact) mass is 401 g/mol. The first-order valence-electron chi connectivity index (χ1n) is 8.38. The zero-order valence-corrected chi connectivity index (χ0v) is 16.2. The molecule has 0 radical (unpaired) electrons. The van der Waals surface area contributed by atoms with Crippen molar-refractivity contribution in [2.24, 2.45) is 0 Å². The molecule has 0 heterocycles. The van der Waals surface area contributed by atoms with Crippen LogP contribution < -0.4 is 9.62 Å². The molecule has 0 atom stereocenters. The number of nitro groups is 1. The van der Waals surface area contributed by atoms with Crippen LogP contribution in [0.2, 0.25) is 0 Å². The summed E-state index contributed by atoms with van der Waals surface area (Å²) < 4.78 is 24.9. The van der Waals surface area contributed by atoms with Gasteiger partial charge in [0.2, 0.25) is 15.9 Å². The molecule has 1 aliphatic carbocycles. The molecule has 1 N–H and O–H groups in total. The fourth-order valence-electron chi connectivity index (χ4n) is 2.82. The quantitative estimate of drug-likeness (QED) is 0.386. The SMILES string of the molecule is CS(=O)(=O)N(CC(=O)NCCSC1CCCC1)c1cccc([N+](=O)[O-])c1. The van der Waals surface area contributed by atoms with E-state index in [1.54, 1.807) is 0 Å². The van der Waals surface area contributed by atoms with E-state index >= 15 is 0 Å². The molecule has 2 rings (SSSR count). The molecule has 0 saturated heterocycles. The molecule has 0 aliphatic heterocycles. The second-order valence-electron chi connectivity index (χ2n) is 6.17. The van der Waals surface area contributed by atoms with E-state index in [9.17, 15) is 23.3 Å². The van der Waals surface area contributed by atoms with Crippen LogP contribution in [0.25, 0.3) is 0 Å². The minimum absolute atomic E-state index is 0.0946. The third-order valence-corrected chi connectivity index (χ3v) is 6.62. The van der Waals surface area contributed by atoms with Crippen LogP contribution in [0.15, 0.2) is 24.3 Å². The number of nitrogens with one attached hydrogen (secondary N) is 1. The lowest BCUT2D eigenvalue weighted by atomic mass is 10.3. The molecule has 0 bridgehead atoms. The number of carbonyl (C=O) groups excluding carboxylic acids is 1. The van der Waals surface area contributed by atoms with Gasteiger partial charge in [0.05, 0.1) is 16.9 Å². The summed E-state index contributed by atoms with van der Waals surface area (Å²) in [6.45, 7) is 0.0562. The Bertz CT molecular complexity index is 748. The molecule has 0 aromatic heterocycles. The maximum Gasteiger partial charge on any atom is 0.271 e. The minimum atomic E-state index is -3.75. The van der Waals surface area contributed by atoms with Gasteiger partial charge in [-0.3, -0.25) is 19.2 Å². The van der Waals surface area contributed by atoms with E-state index in [1.807, 2.05) is 11.8 Å². The number of anilines is 1. The topological polar surface area (TPSA) is 110 Å². The van der Waals surface area contributed by atoms with Crippen molar-refractivity contribution in [3.05, 3.63) is 34.4 Å². The van der Waals surface area contributed by atoms with Gasteiger partial charge in [-0.1, -0.05) is 18.9 Å². The first-order valence-corrected chi connectivity index (χ1v) is 11.3. The van der Waals surface area contributed by atoms with Crippen molar-refractivity contribution in [2.45, 2.75) is 30.9 Å². The molecule has 1 aliphatic rings. The van der Waals surface area contributed by atoms with Crippen LogP contribution in [0, 0.1) is 10.1 Å². The summed E-state index contributed by atoms with van der Waals surface area (Å²) in [7, 11) is -3.75. The van der Waals surface area contributed by atoms with Gasteiger partial charge < -0.3 is 5.32 Å². The normalized spacial score (nSPS) is 15.0. The number of hydrogen-bond acceptors (Lipinski definition) is 6. The number of sulfonamides is 1. The van der Waals surface area contributed by atoms with Crippen molar-refractivity contribution in [3.8, 4) is 0 Å². The largest absolute Gasteiger partial charge is 0.354 e. The van der Waals surface area contributed by atoms with Gasteiger partial charge in [-0.2, -0.15) is 11.8 Å². The fraction of sp³-hybridized carbons (Fsp3) is 0.562. The van der Waals surface area contributed by atoms with Crippen LogP contribution in [0.5, 0.6) is 0 Å². The fourth-order valence-corrected chi connectivity index (χ4v) is 4.89. The highest BCUT2D eigenvalue weighted by atomic mass is 32.2. The van der Waals surface area contributed by atoms with E-state index < -0.39 is 27.4 Å². The summed E-state index contributed by atoms with van der Waals surface area (Å²) in [4.78, 5) is 22.4. The van der Waals surface area contributed by atoms with Crippen LogP contribution >= 0.6 is 11.8 Å². The van der Waals surface area contributed by atoms with Gasteiger partial charge in [0.25, 0.3) is 5.69 Å². The van der Waals surface area contributed by atoms with Crippen LogP contribution in [-0.2, 0) is 14.8 Å². The summed E-state index contributed by atoms with van der Waals surface area (Å²) in [5.41, 5.74) is -0.137. The van der Waals surface area contributed by atoms with Crippen molar-refractivity contribution in [3.63, 3.8) is 0 Å². The first kappa shape index (κ1) is 20.5. The van der Waals surface area contributed by atoms with E-state index in [0.717, 1.165) is 22.4 Å². The Balaban J connectivity index is 1.94. The average Bonchev–Trinajstić information content (AvgIpc) is 3.09. The van der Waals surface area contributed by atoms with E-state index in [4.69, 9.17) is 0 Å². The number of benzene rings is 1. The third-order valence-electron chi connectivity index (χ3n) is 4.10. The number of rotatable bonds is 9. The molecule has 1 amide bonds. The van der Waals surface area contributed by atoms with E-state index in [-0.39, 0.29) is 11.4 Å². The molecular weight excluding hydrogens is 378 g/mol. The standard InChI is InChI=1S/C16H23N3O5S2/c1-26(23,24)18(13-5-4-6-14(11-13)19(21)22)12-16(20)17-9-10-25-15-7-2-3-8-15/h4-6,11,15H,2-3,7-10,12H2,1H3,(H,17,20). The summed E-state index contributed by atoms with van der Waals surface area (Å²) >= 11 is 1.83. The van der Waals surface area contributed by atoms with Gasteiger partial charge in [0, 0.05) is 29.7 Å². The third kappa shape index (κ3) is 6.17. The van der Waals surface area contributed by atoms with Gasteiger partial charge in [0.15, 0.2) is 0 Å². The molecule has 26 heavy (non-hydrogen) atoms. The molecule has 1 aromatic carbocycles. The van der Waals surface area contributed by atoms with Crippen molar-refractivity contribution in [1.29, 1.82) is 0 Å². The highest BCUT2D eigenvalue weighted by Gasteiger charge is 2.22. The Labute approximate surface area is 157 Å². The van der Waals surface area contributed by atoms with Gasteiger partial charge in [-0.25, -0.2) is 8.42 Å². The summed E-state index contributed by atoms with van der Waals surface area (Å²) in [5, 5.41) is 14.3. The van der Waals surface area contributed by atoms with Crippen LogP contribution in [0.4, 0.5) is 11.4 Å². The zero-order valence-electron chi connectivity index (χ0n) is 14.6. The van der Waals surface area contributed by atoms with E-state index in [2.05, 4.69) is 5.32 Å². The number of nitrogens with zero attached hydrogens (tertiary/aromatic N) is 2. The Kier molecular flexibility index (Phi) is 7.27. The smallest absolute Gasteiger partial charge is 0.271 e. The lowest BCUT2D eigenvalue weighted by Crippen LogP contribution is -2.41. The summed E-state index contributed by atoms with van der Waals surface area (Å²) in [6.07, 6.45) is 5.92. The Morgan fingerprint density at radius 2 is 2.08 bits per heavy atom. The van der Waals surface area contributed by atoms with Crippen molar-refractivity contribution in [2.75, 3.05) is 29.4 Å². The lowest BCUT2D eigenvalue weighted by Gasteiger charge is -2.21. The Hall–Kier alpha value is -1.81. The van der Waals surface area contributed by atoms with Crippen LogP contribution in [0.3, 0.4) is 0 Å². The Morgan fingerprint density at radius 1 is 1.38 bits per heavy atom. The van der Waals surface area contributed by atoms with Crippen molar-refractivity contribution < 1.29 is 18.1 Å². The van der Waals surface area contributed by atoms with Crippen LogP contribution in [-0.4, -0.2) is 49.6 Å². The highest BCUT2D eigenvalue weighted by molar-refractivity contribution is 7.99. The van der Waals surface area contributed by atoms with Crippen molar-refractivity contribution in [1.82, 2.24) is 5.32 Å². The second-order valence-corrected chi connectivity index (χ2v) is 9.49. The number of hydrogen-bond donors (Lipinski definition) is 1. The van der Waals surface area contributed by atoms with Gasteiger partial charge >= 0.3 is 0 Å². The molecule has 1 aromatic rings. The van der Waals surface area contributed by atoms with E-state index in [0.29, 0.717) is 11.8 Å². The minimum Gasteiger partial charge on any atom is -0.354 e. The number of amides is 1. The summed E-state index contributed by atoms with van der Waals surface area (Å²) in [6, 6.07) is 5.23. The maximum absolute atomic E-state index is 12.1. The number of nitro benzene ring substituents is 1. The Morgan fingerprint density at radius 3 is 2.69 bits per heavy atom. The molecule has 0 spiro atoms. The zero-order chi connectivity index (χ0) is 19.2. The van der Waals surface area contributed by atoms with Gasteiger partial charge in [-0.15, -0.1) is 0 Å². The van der Waals surface area contributed by atoms with Crippen molar-refractivity contribution >= 4 is 39.1 Å². The molecular formula is C16H23N3O5S2. The van der Waals surface area contributed by atoms with E-state index in [1.165, 1.54) is 43.9 Å². The number of carbonyl (C=O) groups is 1. The molecule has 1 fully saturated rings. The molecule has 144 valence electrons. The molecule has 0 unspecified atom stereocenters. The predicted octanol–water partition coefficient (Wildman–Crippen LogP) is 2.15. The second kappa shape index (κ2) is 9.22.